The molecule has 3 aromatic rings. The topological polar surface area (TPSA) is 95.3 Å². The number of carbonyl (C=O) groups is 2. The number of aromatic nitrogens is 3. The zero-order chi connectivity index (χ0) is 26.7. The zero-order valence-corrected chi connectivity index (χ0v) is 23.8. The third-order valence-electron chi connectivity index (χ3n) is 6.67. The maximum atomic E-state index is 12.9. The van der Waals surface area contributed by atoms with Crippen LogP contribution in [-0.2, 0) is 29.4 Å². The van der Waals surface area contributed by atoms with Gasteiger partial charge in [-0.3, -0.25) is 4.79 Å². The number of hydrogen-bond donors (Lipinski definition) is 1. The van der Waals surface area contributed by atoms with E-state index in [0.717, 1.165) is 41.7 Å². The second-order valence-corrected chi connectivity index (χ2v) is 11.5. The molecular formula is C27H34N4O4S2. The SMILES string of the molecule is CCOC(=O)c1c(NC(=O)CSc2nnc(C(C)Oc3cccc(C)c3C)n2C)sc2c1CCC(C)C2. The van der Waals surface area contributed by atoms with Gasteiger partial charge in [0.05, 0.1) is 17.9 Å². The molecule has 37 heavy (non-hydrogen) atoms. The van der Waals surface area contributed by atoms with Gasteiger partial charge in [-0.1, -0.05) is 30.8 Å². The number of thiophene rings is 1. The molecule has 2 heterocycles. The summed E-state index contributed by atoms with van der Waals surface area (Å²) in [4.78, 5) is 26.8. The molecule has 2 unspecified atom stereocenters. The average molecular weight is 543 g/mol. The number of benzene rings is 1. The third kappa shape index (κ3) is 6.01. The van der Waals surface area contributed by atoms with Crippen LogP contribution in [0.1, 0.15) is 71.0 Å². The van der Waals surface area contributed by atoms with Crippen molar-refractivity contribution in [3.05, 3.63) is 51.2 Å². The van der Waals surface area contributed by atoms with Gasteiger partial charge in [0.2, 0.25) is 5.91 Å². The molecule has 4 rings (SSSR count). The molecule has 1 aliphatic rings. The largest absolute Gasteiger partial charge is 0.482 e. The summed E-state index contributed by atoms with van der Waals surface area (Å²) in [7, 11) is 1.87. The molecule has 1 aromatic carbocycles. The average Bonchev–Trinajstić information content (AvgIpc) is 3.39. The number of carbonyl (C=O) groups excluding carboxylic acids is 2. The predicted octanol–water partition coefficient (Wildman–Crippen LogP) is 5.67. The Hall–Kier alpha value is -2.85. The summed E-state index contributed by atoms with van der Waals surface area (Å²) in [6.45, 7) is 10.3. The lowest BCUT2D eigenvalue weighted by Gasteiger charge is -2.18. The molecule has 0 fully saturated rings. The Morgan fingerprint density at radius 3 is 2.84 bits per heavy atom. The van der Waals surface area contributed by atoms with Crippen molar-refractivity contribution in [2.24, 2.45) is 13.0 Å². The first-order valence-electron chi connectivity index (χ1n) is 12.6. The van der Waals surface area contributed by atoms with Crippen molar-refractivity contribution >= 4 is 40.0 Å². The molecule has 2 atom stereocenters. The number of esters is 1. The van der Waals surface area contributed by atoms with E-state index >= 15 is 0 Å². The van der Waals surface area contributed by atoms with Gasteiger partial charge in [-0.25, -0.2) is 4.79 Å². The lowest BCUT2D eigenvalue weighted by Crippen LogP contribution is -2.18. The molecule has 10 heteroatoms. The van der Waals surface area contributed by atoms with Gasteiger partial charge in [0.1, 0.15) is 10.8 Å². The number of rotatable bonds is 9. The van der Waals surface area contributed by atoms with E-state index in [-0.39, 0.29) is 23.7 Å². The number of nitrogens with zero attached hydrogens (tertiary/aromatic N) is 3. The molecule has 0 aliphatic heterocycles. The Labute approximate surface area is 226 Å². The van der Waals surface area contributed by atoms with Gasteiger partial charge in [0, 0.05) is 11.9 Å². The highest BCUT2D eigenvalue weighted by molar-refractivity contribution is 7.99. The lowest BCUT2D eigenvalue weighted by atomic mass is 9.88. The second-order valence-electron chi connectivity index (χ2n) is 9.47. The van der Waals surface area contributed by atoms with E-state index in [1.54, 1.807) is 6.92 Å². The first kappa shape index (κ1) is 27.2. The summed E-state index contributed by atoms with van der Waals surface area (Å²) < 4.78 is 13.3. The molecular weight excluding hydrogens is 508 g/mol. The number of nitrogens with one attached hydrogen (secondary N) is 1. The van der Waals surface area contributed by atoms with Gasteiger partial charge in [0.25, 0.3) is 0 Å². The van der Waals surface area contributed by atoms with E-state index in [1.807, 2.05) is 37.6 Å². The number of anilines is 1. The number of thioether (sulfide) groups is 1. The lowest BCUT2D eigenvalue weighted by molar-refractivity contribution is -0.113. The van der Waals surface area contributed by atoms with E-state index in [0.29, 0.717) is 34.1 Å². The molecule has 1 aliphatic carbocycles. The molecule has 8 nitrogen and oxygen atoms in total. The Morgan fingerprint density at radius 1 is 1.30 bits per heavy atom. The smallest absolute Gasteiger partial charge is 0.341 e. The van der Waals surface area contributed by atoms with Gasteiger partial charge in [-0.2, -0.15) is 0 Å². The molecule has 1 amide bonds. The van der Waals surface area contributed by atoms with E-state index in [2.05, 4.69) is 35.4 Å². The van der Waals surface area contributed by atoms with Crippen molar-refractivity contribution in [1.29, 1.82) is 0 Å². The van der Waals surface area contributed by atoms with E-state index in [1.165, 1.54) is 28.0 Å². The van der Waals surface area contributed by atoms with Gasteiger partial charge in [-0.05, 0) is 75.6 Å². The number of fused-ring (bicyclic) bond motifs is 1. The van der Waals surface area contributed by atoms with Crippen molar-refractivity contribution in [3.63, 3.8) is 0 Å². The molecule has 0 spiro atoms. The van der Waals surface area contributed by atoms with Crippen molar-refractivity contribution in [2.75, 3.05) is 17.7 Å². The van der Waals surface area contributed by atoms with Crippen LogP contribution in [0.15, 0.2) is 23.4 Å². The first-order chi connectivity index (χ1) is 17.7. The summed E-state index contributed by atoms with van der Waals surface area (Å²) in [6, 6.07) is 5.97. The standard InChI is InChI=1S/C27H34N4O4S2/c1-7-34-26(33)23-19-12-11-15(2)13-21(19)37-25(23)28-22(32)14-36-27-30-29-24(31(27)6)18(5)35-20-10-8-9-16(3)17(20)4/h8-10,15,18H,7,11-14H2,1-6H3,(H,28,32). The van der Waals surface area contributed by atoms with Crippen LogP contribution in [0, 0.1) is 19.8 Å². The van der Waals surface area contributed by atoms with Crippen LogP contribution in [0.5, 0.6) is 5.75 Å². The number of amides is 1. The Bertz CT molecular complexity index is 1300. The van der Waals surface area contributed by atoms with Crippen molar-refractivity contribution in [2.45, 2.75) is 65.1 Å². The normalized spacial score (nSPS) is 15.7. The van der Waals surface area contributed by atoms with Gasteiger partial charge in [-0.15, -0.1) is 21.5 Å². The molecule has 0 radical (unpaired) electrons. The maximum absolute atomic E-state index is 12.9. The van der Waals surface area contributed by atoms with Crippen molar-refractivity contribution in [3.8, 4) is 5.75 Å². The number of hydrogen-bond acceptors (Lipinski definition) is 8. The summed E-state index contributed by atoms with van der Waals surface area (Å²) in [6.07, 6.45) is 2.46. The fourth-order valence-electron chi connectivity index (χ4n) is 4.45. The Morgan fingerprint density at radius 2 is 2.08 bits per heavy atom. The minimum atomic E-state index is -0.367. The van der Waals surface area contributed by atoms with Crippen LogP contribution in [0.25, 0.3) is 0 Å². The molecule has 198 valence electrons. The molecule has 0 saturated heterocycles. The molecule has 0 bridgehead atoms. The van der Waals surface area contributed by atoms with Crippen LogP contribution in [-0.4, -0.2) is 39.0 Å². The maximum Gasteiger partial charge on any atom is 0.341 e. The number of ether oxygens (including phenoxy) is 2. The fourth-order valence-corrected chi connectivity index (χ4v) is 6.58. The van der Waals surface area contributed by atoms with Crippen LogP contribution in [0.4, 0.5) is 5.00 Å². The van der Waals surface area contributed by atoms with Crippen LogP contribution in [0.3, 0.4) is 0 Å². The summed E-state index contributed by atoms with van der Waals surface area (Å²) >= 11 is 2.79. The summed E-state index contributed by atoms with van der Waals surface area (Å²) in [5, 5.41) is 12.7. The van der Waals surface area contributed by atoms with Crippen molar-refractivity contribution < 1.29 is 19.1 Å². The van der Waals surface area contributed by atoms with E-state index < -0.39 is 0 Å². The van der Waals surface area contributed by atoms with Gasteiger partial charge in [0.15, 0.2) is 17.1 Å². The first-order valence-corrected chi connectivity index (χ1v) is 14.4. The Balaban J connectivity index is 1.42. The van der Waals surface area contributed by atoms with Crippen molar-refractivity contribution in [1.82, 2.24) is 14.8 Å². The highest BCUT2D eigenvalue weighted by Gasteiger charge is 2.29. The molecule has 0 saturated carbocycles. The monoisotopic (exact) mass is 542 g/mol. The van der Waals surface area contributed by atoms with Crippen LogP contribution >= 0.6 is 23.1 Å². The second kappa shape index (κ2) is 11.7. The van der Waals surface area contributed by atoms with Gasteiger partial charge >= 0.3 is 5.97 Å². The highest BCUT2D eigenvalue weighted by Crippen LogP contribution is 2.40. The summed E-state index contributed by atoms with van der Waals surface area (Å²) in [5.74, 6) is 1.62. The van der Waals surface area contributed by atoms with E-state index in [9.17, 15) is 9.59 Å². The van der Waals surface area contributed by atoms with Crippen LogP contribution in [0.2, 0.25) is 0 Å². The zero-order valence-electron chi connectivity index (χ0n) is 22.2. The highest BCUT2D eigenvalue weighted by atomic mass is 32.2. The minimum Gasteiger partial charge on any atom is -0.482 e. The third-order valence-corrected chi connectivity index (χ3v) is 8.86. The number of aryl methyl sites for hydroxylation is 1. The molecule has 1 N–H and O–H groups in total. The summed E-state index contributed by atoms with van der Waals surface area (Å²) in [5.41, 5.74) is 3.80. The Kier molecular flexibility index (Phi) is 8.59. The fraction of sp³-hybridized carbons (Fsp3) is 0.481. The minimum absolute atomic E-state index is 0.138. The van der Waals surface area contributed by atoms with Crippen LogP contribution < -0.4 is 10.1 Å². The van der Waals surface area contributed by atoms with E-state index in [4.69, 9.17) is 9.47 Å². The quantitative estimate of drug-likeness (QED) is 0.275. The van der Waals surface area contributed by atoms with Gasteiger partial charge < -0.3 is 19.4 Å². The predicted molar refractivity (Wildman–Crippen MR) is 147 cm³/mol. The molecule has 2 aromatic heterocycles.